The van der Waals surface area contributed by atoms with Crippen molar-refractivity contribution in [3.05, 3.63) is 37.6 Å². The lowest BCUT2D eigenvalue weighted by atomic mass is 10.5. The van der Waals surface area contributed by atoms with E-state index in [1.807, 2.05) is 12.2 Å². The van der Waals surface area contributed by atoms with E-state index in [1.165, 1.54) is 6.26 Å². The van der Waals surface area contributed by atoms with Crippen LogP contribution in [0, 0.1) is 0 Å². The molecule has 0 fully saturated rings. The van der Waals surface area contributed by atoms with Gasteiger partial charge in [0.1, 0.15) is 6.61 Å². The highest BCUT2D eigenvalue weighted by atomic mass is 16.5. The Balaban J connectivity index is 3.02. The molecule has 44 valence electrons. The third kappa shape index (κ3) is 5.02. The SMILES string of the molecule is C=CC=CCOC=C. The van der Waals surface area contributed by atoms with Crippen molar-refractivity contribution in [3.63, 3.8) is 0 Å². The van der Waals surface area contributed by atoms with Gasteiger partial charge in [-0.05, 0) is 6.08 Å². The van der Waals surface area contributed by atoms with Gasteiger partial charge in [0.25, 0.3) is 0 Å². The molecule has 0 unspecified atom stereocenters. The molecule has 0 rings (SSSR count). The summed E-state index contributed by atoms with van der Waals surface area (Å²) >= 11 is 0. The van der Waals surface area contributed by atoms with Crippen molar-refractivity contribution in [1.29, 1.82) is 0 Å². The molecular formula is C7H10O. The highest BCUT2D eigenvalue weighted by Gasteiger charge is 1.66. The van der Waals surface area contributed by atoms with Crippen LogP contribution in [-0.4, -0.2) is 6.61 Å². The molecule has 0 aromatic heterocycles. The van der Waals surface area contributed by atoms with Gasteiger partial charge in [0.2, 0.25) is 0 Å². The van der Waals surface area contributed by atoms with Crippen LogP contribution in [0.4, 0.5) is 0 Å². The molecule has 0 saturated carbocycles. The van der Waals surface area contributed by atoms with Crippen molar-refractivity contribution in [3.8, 4) is 0 Å². The number of hydrogen-bond acceptors (Lipinski definition) is 1. The number of ether oxygens (including phenoxy) is 1. The van der Waals surface area contributed by atoms with Crippen molar-refractivity contribution in [2.45, 2.75) is 0 Å². The summed E-state index contributed by atoms with van der Waals surface area (Å²) in [4.78, 5) is 0. The van der Waals surface area contributed by atoms with Crippen LogP contribution < -0.4 is 0 Å². The van der Waals surface area contributed by atoms with Crippen LogP contribution in [0.5, 0.6) is 0 Å². The Morgan fingerprint density at radius 1 is 1.38 bits per heavy atom. The number of allylic oxidation sites excluding steroid dienone is 2. The van der Waals surface area contributed by atoms with Crippen molar-refractivity contribution in [2.75, 3.05) is 6.61 Å². The molecule has 0 radical (unpaired) electrons. The van der Waals surface area contributed by atoms with Gasteiger partial charge in [-0.2, -0.15) is 0 Å². The fourth-order valence-electron chi connectivity index (χ4n) is 0.275. The fraction of sp³-hybridized carbons (Fsp3) is 0.143. The molecule has 0 aliphatic rings. The van der Waals surface area contributed by atoms with Gasteiger partial charge in [-0.15, -0.1) is 0 Å². The molecule has 0 aromatic rings. The largest absolute Gasteiger partial charge is 0.498 e. The summed E-state index contributed by atoms with van der Waals surface area (Å²) in [5.41, 5.74) is 0. The van der Waals surface area contributed by atoms with Crippen molar-refractivity contribution in [1.82, 2.24) is 0 Å². The average Bonchev–Trinajstić information content (AvgIpc) is 1.81. The predicted molar refractivity (Wildman–Crippen MR) is 35.5 cm³/mol. The van der Waals surface area contributed by atoms with Crippen molar-refractivity contribution >= 4 is 0 Å². The maximum atomic E-state index is 4.76. The molecule has 0 aliphatic heterocycles. The summed E-state index contributed by atoms with van der Waals surface area (Å²) < 4.78 is 4.76. The normalized spacial score (nSPS) is 9.00. The summed E-state index contributed by atoms with van der Waals surface area (Å²) in [6, 6.07) is 0. The minimum Gasteiger partial charge on any atom is -0.498 e. The molecule has 0 aromatic carbocycles. The molecule has 0 aliphatic carbocycles. The van der Waals surface area contributed by atoms with E-state index in [1.54, 1.807) is 6.08 Å². The lowest BCUT2D eigenvalue weighted by molar-refractivity contribution is 0.291. The zero-order valence-electron chi connectivity index (χ0n) is 4.84. The van der Waals surface area contributed by atoms with E-state index >= 15 is 0 Å². The van der Waals surface area contributed by atoms with E-state index in [4.69, 9.17) is 4.74 Å². The Bertz CT molecular complexity index is 92.6. The first-order valence-corrected chi connectivity index (χ1v) is 2.42. The van der Waals surface area contributed by atoms with Crippen LogP contribution in [0.3, 0.4) is 0 Å². The smallest absolute Gasteiger partial charge is 0.106 e. The zero-order valence-corrected chi connectivity index (χ0v) is 4.84. The lowest BCUT2D eigenvalue weighted by Crippen LogP contribution is -1.76. The van der Waals surface area contributed by atoms with E-state index in [2.05, 4.69) is 13.2 Å². The summed E-state index contributed by atoms with van der Waals surface area (Å²) in [6.07, 6.45) is 6.79. The summed E-state index contributed by atoms with van der Waals surface area (Å²) in [6.45, 7) is 7.45. The zero-order chi connectivity index (χ0) is 6.24. The van der Waals surface area contributed by atoms with Gasteiger partial charge in [0.15, 0.2) is 0 Å². The first-order valence-electron chi connectivity index (χ1n) is 2.42. The summed E-state index contributed by atoms with van der Waals surface area (Å²) in [5.74, 6) is 0. The molecule has 1 nitrogen and oxygen atoms in total. The summed E-state index contributed by atoms with van der Waals surface area (Å²) in [5, 5.41) is 0. The lowest BCUT2D eigenvalue weighted by Gasteiger charge is -1.88. The van der Waals surface area contributed by atoms with E-state index in [0.29, 0.717) is 6.61 Å². The second-order valence-electron chi connectivity index (χ2n) is 1.16. The van der Waals surface area contributed by atoms with Crippen LogP contribution >= 0.6 is 0 Å². The van der Waals surface area contributed by atoms with Gasteiger partial charge < -0.3 is 4.74 Å². The predicted octanol–water partition coefficient (Wildman–Crippen LogP) is 1.89. The molecule has 1 heteroatoms. The van der Waals surface area contributed by atoms with E-state index in [9.17, 15) is 0 Å². The molecule has 0 saturated heterocycles. The Morgan fingerprint density at radius 3 is 2.62 bits per heavy atom. The quantitative estimate of drug-likeness (QED) is 0.305. The highest BCUT2D eigenvalue weighted by molar-refractivity contribution is 4.97. The standard InChI is InChI=1S/C7H10O/c1-3-5-6-7-8-4-2/h3-6H,1-2,7H2. The Kier molecular flexibility index (Phi) is 5.28. The Morgan fingerprint density at radius 2 is 2.12 bits per heavy atom. The van der Waals surface area contributed by atoms with Crippen LogP contribution in [0.25, 0.3) is 0 Å². The molecule has 8 heavy (non-hydrogen) atoms. The molecule has 0 spiro atoms. The third-order valence-electron chi connectivity index (χ3n) is 0.582. The van der Waals surface area contributed by atoms with Gasteiger partial charge in [0.05, 0.1) is 6.26 Å². The monoisotopic (exact) mass is 110 g/mol. The van der Waals surface area contributed by atoms with E-state index < -0.39 is 0 Å². The van der Waals surface area contributed by atoms with Crippen LogP contribution in [0.15, 0.2) is 37.6 Å². The van der Waals surface area contributed by atoms with Crippen LogP contribution in [-0.2, 0) is 4.74 Å². The maximum absolute atomic E-state index is 4.76. The van der Waals surface area contributed by atoms with E-state index in [-0.39, 0.29) is 0 Å². The van der Waals surface area contributed by atoms with Gasteiger partial charge in [0, 0.05) is 0 Å². The minimum atomic E-state index is 0.579. The highest BCUT2D eigenvalue weighted by Crippen LogP contribution is 1.76. The Labute approximate surface area is 50.0 Å². The second-order valence-corrected chi connectivity index (χ2v) is 1.16. The van der Waals surface area contributed by atoms with Crippen molar-refractivity contribution in [2.24, 2.45) is 0 Å². The van der Waals surface area contributed by atoms with Gasteiger partial charge in [-0.1, -0.05) is 25.3 Å². The molecular weight excluding hydrogens is 100 g/mol. The fourth-order valence-corrected chi connectivity index (χ4v) is 0.275. The number of rotatable bonds is 4. The average molecular weight is 110 g/mol. The maximum Gasteiger partial charge on any atom is 0.106 e. The van der Waals surface area contributed by atoms with E-state index in [0.717, 1.165) is 0 Å². The summed E-state index contributed by atoms with van der Waals surface area (Å²) in [7, 11) is 0. The molecule has 0 heterocycles. The van der Waals surface area contributed by atoms with Crippen molar-refractivity contribution < 1.29 is 4.74 Å². The molecule has 0 N–H and O–H groups in total. The number of hydrogen-bond donors (Lipinski definition) is 0. The third-order valence-corrected chi connectivity index (χ3v) is 0.582. The molecule has 0 amide bonds. The first-order chi connectivity index (χ1) is 3.91. The minimum absolute atomic E-state index is 0.579. The van der Waals surface area contributed by atoms with Gasteiger partial charge >= 0.3 is 0 Å². The first kappa shape index (κ1) is 7.02. The van der Waals surface area contributed by atoms with Gasteiger partial charge in [-0.25, -0.2) is 0 Å². The second kappa shape index (κ2) is 6.02. The Hall–Kier alpha value is -0.980. The molecule has 0 bridgehead atoms. The topological polar surface area (TPSA) is 9.23 Å². The van der Waals surface area contributed by atoms with Crippen LogP contribution in [0.2, 0.25) is 0 Å². The van der Waals surface area contributed by atoms with Crippen LogP contribution in [0.1, 0.15) is 0 Å². The van der Waals surface area contributed by atoms with Gasteiger partial charge in [-0.3, -0.25) is 0 Å². The molecule has 0 atom stereocenters.